The molecule has 0 saturated carbocycles. The van der Waals surface area contributed by atoms with E-state index in [1.54, 1.807) is 0 Å². The summed E-state index contributed by atoms with van der Waals surface area (Å²) >= 11 is 0. The molecule has 9 heavy (non-hydrogen) atoms. The lowest BCUT2D eigenvalue weighted by Gasteiger charge is -1.90. The monoisotopic (exact) mass is 127 g/mol. The van der Waals surface area contributed by atoms with Crippen LogP contribution in [0.4, 0.5) is 0 Å². The Bertz CT molecular complexity index is 150. The van der Waals surface area contributed by atoms with Gasteiger partial charge in [0.05, 0.1) is 13.2 Å². The molecule has 1 heterocycles. The van der Waals surface area contributed by atoms with Crippen molar-refractivity contribution < 1.29 is 5.11 Å². The van der Waals surface area contributed by atoms with Crippen molar-refractivity contribution in [1.29, 1.82) is 0 Å². The Morgan fingerprint density at radius 3 is 3.00 bits per heavy atom. The fraction of sp³-hybridized carbons (Fsp3) is 0.750. The van der Waals surface area contributed by atoms with Crippen molar-refractivity contribution in [3.05, 3.63) is 6.33 Å². The third kappa shape index (κ3) is 1.77. The van der Waals surface area contributed by atoms with Crippen LogP contribution >= 0.6 is 0 Å². The van der Waals surface area contributed by atoms with Crippen molar-refractivity contribution >= 4 is 0 Å². The molecule has 0 atom stereocenters. The normalized spacial score (nSPS) is 9.89. The van der Waals surface area contributed by atoms with Crippen LogP contribution in [0.15, 0.2) is 6.33 Å². The third-order valence-corrected chi connectivity index (χ3v) is 0.894. The number of nitrogens with zero attached hydrogens (tertiary/aromatic N) is 4. The molecule has 49 valence electrons. The topological polar surface area (TPSA) is 63.5 Å². The molecule has 1 radical (unpaired) electrons. The van der Waals surface area contributed by atoms with E-state index in [0.717, 1.165) is 0 Å². The minimum atomic E-state index is -0.0818. The predicted molar refractivity (Wildman–Crippen MR) is 28.0 cm³/mol. The zero-order valence-corrected chi connectivity index (χ0v) is 4.90. The SMILES string of the molecule is [O]CCCn1ncnn1. The Hall–Kier alpha value is -0.970. The molecular weight excluding hydrogens is 120 g/mol. The van der Waals surface area contributed by atoms with Gasteiger partial charge in [-0.2, -0.15) is 4.80 Å². The highest BCUT2D eigenvalue weighted by atomic mass is 16.3. The van der Waals surface area contributed by atoms with E-state index < -0.39 is 0 Å². The summed E-state index contributed by atoms with van der Waals surface area (Å²) in [6.07, 6.45) is 1.92. The summed E-state index contributed by atoms with van der Waals surface area (Å²) in [7, 11) is 0. The second kappa shape index (κ2) is 3.13. The summed E-state index contributed by atoms with van der Waals surface area (Å²) in [5.41, 5.74) is 0. The molecule has 5 heteroatoms. The molecule has 5 nitrogen and oxygen atoms in total. The second-order valence-electron chi connectivity index (χ2n) is 1.59. The molecule has 1 rings (SSSR count). The fourth-order valence-electron chi connectivity index (χ4n) is 0.497. The first-order valence-electron chi connectivity index (χ1n) is 2.72. The molecule has 1 aromatic heterocycles. The van der Waals surface area contributed by atoms with Crippen molar-refractivity contribution in [2.75, 3.05) is 6.61 Å². The molecule has 0 N–H and O–H groups in total. The van der Waals surface area contributed by atoms with Gasteiger partial charge in [-0.15, -0.1) is 10.2 Å². The Balaban J connectivity index is 2.30. The van der Waals surface area contributed by atoms with Crippen molar-refractivity contribution in [1.82, 2.24) is 20.2 Å². The predicted octanol–water partition coefficient (Wildman–Crippen LogP) is -0.506. The van der Waals surface area contributed by atoms with E-state index in [9.17, 15) is 5.11 Å². The van der Waals surface area contributed by atoms with Gasteiger partial charge in [0.15, 0.2) is 6.33 Å². The third-order valence-electron chi connectivity index (χ3n) is 0.894. The number of aromatic nitrogens is 4. The van der Waals surface area contributed by atoms with Crippen LogP contribution in [0.25, 0.3) is 0 Å². The number of tetrazole rings is 1. The first-order chi connectivity index (χ1) is 4.43. The maximum Gasteiger partial charge on any atom is 0.162 e. The summed E-state index contributed by atoms with van der Waals surface area (Å²) in [6, 6.07) is 0. The molecule has 0 unspecified atom stereocenters. The maximum absolute atomic E-state index is 9.94. The Morgan fingerprint density at radius 1 is 1.56 bits per heavy atom. The van der Waals surface area contributed by atoms with Gasteiger partial charge in [0.2, 0.25) is 0 Å². The van der Waals surface area contributed by atoms with Crippen molar-refractivity contribution in [2.24, 2.45) is 0 Å². The summed E-state index contributed by atoms with van der Waals surface area (Å²) in [5, 5.41) is 20.7. The lowest BCUT2D eigenvalue weighted by molar-refractivity contribution is 0.180. The van der Waals surface area contributed by atoms with Crippen LogP contribution in [-0.4, -0.2) is 26.8 Å². The number of rotatable bonds is 3. The first kappa shape index (κ1) is 6.15. The highest BCUT2D eigenvalue weighted by Crippen LogP contribution is 1.80. The van der Waals surface area contributed by atoms with E-state index in [2.05, 4.69) is 15.4 Å². The lowest BCUT2D eigenvalue weighted by atomic mass is 10.5. The molecule has 0 saturated heterocycles. The van der Waals surface area contributed by atoms with Gasteiger partial charge in [0, 0.05) is 0 Å². The van der Waals surface area contributed by atoms with Crippen molar-refractivity contribution in [3.63, 3.8) is 0 Å². The van der Waals surface area contributed by atoms with Gasteiger partial charge in [-0.05, 0) is 11.6 Å². The molecule has 0 spiro atoms. The highest BCUT2D eigenvalue weighted by molar-refractivity contribution is 4.38. The van der Waals surface area contributed by atoms with E-state index in [4.69, 9.17) is 0 Å². The van der Waals surface area contributed by atoms with Crippen LogP contribution in [0.2, 0.25) is 0 Å². The smallest absolute Gasteiger partial charge is 0.162 e. The van der Waals surface area contributed by atoms with E-state index in [0.29, 0.717) is 13.0 Å². The molecular formula is C4H7N4O. The van der Waals surface area contributed by atoms with E-state index in [1.165, 1.54) is 11.1 Å². The van der Waals surface area contributed by atoms with Gasteiger partial charge in [-0.3, -0.25) is 0 Å². The molecule has 0 amide bonds. The summed E-state index contributed by atoms with van der Waals surface area (Å²) < 4.78 is 0. The largest absolute Gasteiger partial charge is 0.237 e. The quantitative estimate of drug-likeness (QED) is 0.549. The average molecular weight is 127 g/mol. The Morgan fingerprint density at radius 2 is 2.44 bits per heavy atom. The number of hydrogen-bond acceptors (Lipinski definition) is 3. The summed E-state index contributed by atoms with van der Waals surface area (Å²) in [6.45, 7) is 0.491. The second-order valence-corrected chi connectivity index (χ2v) is 1.59. The molecule has 1 aromatic rings. The summed E-state index contributed by atoms with van der Waals surface area (Å²) in [5.74, 6) is 0. The van der Waals surface area contributed by atoms with E-state index in [1.807, 2.05) is 0 Å². The molecule has 0 bridgehead atoms. The van der Waals surface area contributed by atoms with Crippen LogP contribution in [0.3, 0.4) is 0 Å². The number of hydrogen-bond donors (Lipinski definition) is 0. The lowest BCUT2D eigenvalue weighted by Crippen LogP contribution is -2.03. The molecule has 0 aliphatic heterocycles. The van der Waals surface area contributed by atoms with Crippen LogP contribution in [0.1, 0.15) is 6.42 Å². The Kier molecular flexibility index (Phi) is 2.14. The van der Waals surface area contributed by atoms with Gasteiger partial charge in [-0.1, -0.05) is 0 Å². The molecule has 0 aromatic carbocycles. The van der Waals surface area contributed by atoms with Crippen molar-refractivity contribution in [3.8, 4) is 0 Å². The minimum Gasteiger partial charge on any atom is -0.237 e. The van der Waals surface area contributed by atoms with Crippen molar-refractivity contribution in [2.45, 2.75) is 13.0 Å². The highest BCUT2D eigenvalue weighted by Gasteiger charge is 1.89. The maximum atomic E-state index is 9.94. The van der Waals surface area contributed by atoms with E-state index >= 15 is 0 Å². The standard InChI is InChI=1S/C4H7N4O/c9-3-1-2-8-6-4-5-7-8/h4H,1-3H2. The zero-order chi connectivity index (χ0) is 6.53. The Labute approximate surface area is 52.3 Å². The minimum absolute atomic E-state index is 0.0818. The van der Waals surface area contributed by atoms with Gasteiger partial charge >= 0.3 is 0 Å². The van der Waals surface area contributed by atoms with Gasteiger partial charge in [0.25, 0.3) is 0 Å². The molecule has 0 aliphatic carbocycles. The van der Waals surface area contributed by atoms with Gasteiger partial charge in [0.1, 0.15) is 0 Å². The number of aryl methyl sites for hydroxylation is 1. The molecule has 0 fully saturated rings. The fourth-order valence-corrected chi connectivity index (χ4v) is 0.497. The summed E-state index contributed by atoms with van der Waals surface area (Å²) in [4.78, 5) is 1.40. The molecule has 0 aliphatic rings. The first-order valence-corrected chi connectivity index (χ1v) is 2.72. The van der Waals surface area contributed by atoms with Crippen LogP contribution in [0.5, 0.6) is 0 Å². The average Bonchev–Trinajstić information content (AvgIpc) is 2.34. The van der Waals surface area contributed by atoms with Gasteiger partial charge < -0.3 is 0 Å². The van der Waals surface area contributed by atoms with Gasteiger partial charge in [-0.25, -0.2) is 5.11 Å². The zero-order valence-electron chi connectivity index (χ0n) is 4.90. The van der Waals surface area contributed by atoms with Crippen LogP contribution in [-0.2, 0) is 11.7 Å². The van der Waals surface area contributed by atoms with Crippen LogP contribution < -0.4 is 0 Å². The van der Waals surface area contributed by atoms with E-state index in [-0.39, 0.29) is 6.61 Å². The van der Waals surface area contributed by atoms with Crippen LogP contribution in [0, 0.1) is 0 Å².